The van der Waals surface area contributed by atoms with Gasteiger partial charge in [-0.25, -0.2) is 8.78 Å². The maximum absolute atomic E-state index is 13.4. The smallest absolute Gasteiger partial charge is 0.255 e. The monoisotopic (exact) mass is 331 g/mol. The van der Waals surface area contributed by atoms with Gasteiger partial charge in [0.05, 0.1) is 17.5 Å². The summed E-state index contributed by atoms with van der Waals surface area (Å²) >= 11 is 0. The van der Waals surface area contributed by atoms with Crippen molar-refractivity contribution in [1.29, 1.82) is 0 Å². The van der Waals surface area contributed by atoms with Gasteiger partial charge in [0.15, 0.2) is 0 Å². The van der Waals surface area contributed by atoms with E-state index in [1.165, 1.54) is 6.20 Å². The van der Waals surface area contributed by atoms with Crippen molar-refractivity contribution in [3.05, 3.63) is 42.1 Å². The van der Waals surface area contributed by atoms with Crippen LogP contribution in [0.2, 0.25) is 0 Å². The molecular weight excluding hydrogens is 312 g/mol. The molecule has 0 saturated heterocycles. The maximum Gasteiger partial charge on any atom is 0.255 e. The summed E-state index contributed by atoms with van der Waals surface area (Å²) in [4.78, 5) is 12.4. The number of amides is 1. The molecule has 2 aliphatic carbocycles. The molecule has 2 aromatic rings. The molecule has 2 N–H and O–H groups in total. The predicted molar refractivity (Wildman–Crippen MR) is 85.7 cm³/mol. The van der Waals surface area contributed by atoms with Gasteiger partial charge in [0.2, 0.25) is 0 Å². The number of benzene rings is 1. The number of halogens is 2. The molecule has 1 aromatic carbocycles. The Hall–Kier alpha value is -2.24. The molecule has 4 nitrogen and oxygen atoms in total. The third-order valence-corrected chi connectivity index (χ3v) is 5.42. The highest BCUT2D eigenvalue weighted by atomic mass is 19.3. The number of H-pyrrole nitrogens is 1. The highest BCUT2D eigenvalue weighted by molar-refractivity contribution is 5.99. The van der Waals surface area contributed by atoms with Crippen molar-refractivity contribution in [2.75, 3.05) is 6.54 Å². The Labute approximate surface area is 138 Å². The maximum atomic E-state index is 13.4. The van der Waals surface area contributed by atoms with Crippen molar-refractivity contribution in [2.45, 2.75) is 31.6 Å². The minimum atomic E-state index is -2.49. The summed E-state index contributed by atoms with van der Waals surface area (Å²) in [6.07, 6.45) is 3.36. The van der Waals surface area contributed by atoms with E-state index in [1.807, 2.05) is 30.3 Å². The van der Waals surface area contributed by atoms with Crippen LogP contribution in [0.1, 0.15) is 36.0 Å². The first-order valence-corrected chi connectivity index (χ1v) is 8.26. The van der Waals surface area contributed by atoms with Crippen LogP contribution >= 0.6 is 0 Å². The lowest BCUT2D eigenvalue weighted by molar-refractivity contribution is 0.0644. The van der Waals surface area contributed by atoms with E-state index in [0.717, 1.165) is 12.0 Å². The van der Waals surface area contributed by atoms with Gasteiger partial charge in [-0.05, 0) is 25.2 Å². The fourth-order valence-corrected chi connectivity index (χ4v) is 3.90. The van der Waals surface area contributed by atoms with Crippen LogP contribution in [0.3, 0.4) is 0 Å². The highest BCUT2D eigenvalue weighted by Crippen LogP contribution is 2.69. The number of rotatable bonds is 4. The molecule has 0 aliphatic heterocycles. The zero-order chi connectivity index (χ0) is 16.8. The molecule has 0 bridgehead atoms. The number of hydrogen-bond donors (Lipinski definition) is 2. The zero-order valence-electron chi connectivity index (χ0n) is 13.2. The molecule has 1 heterocycles. The van der Waals surface area contributed by atoms with Crippen molar-refractivity contribution < 1.29 is 13.6 Å². The summed E-state index contributed by atoms with van der Waals surface area (Å²) in [6, 6.07) is 9.50. The van der Waals surface area contributed by atoms with Gasteiger partial charge in [-0.15, -0.1) is 0 Å². The van der Waals surface area contributed by atoms with Gasteiger partial charge in [-0.1, -0.05) is 30.3 Å². The minimum Gasteiger partial charge on any atom is -0.352 e. The number of nitrogens with one attached hydrogen (secondary N) is 2. The van der Waals surface area contributed by atoms with Crippen LogP contribution in [0.25, 0.3) is 11.3 Å². The van der Waals surface area contributed by atoms with Crippen LogP contribution in [0.5, 0.6) is 0 Å². The number of carbonyl (C=O) groups is 1. The second-order valence-electron chi connectivity index (χ2n) is 7.01. The van der Waals surface area contributed by atoms with E-state index in [1.54, 1.807) is 0 Å². The number of hydrogen-bond acceptors (Lipinski definition) is 2. The van der Waals surface area contributed by atoms with Crippen LogP contribution in [0.15, 0.2) is 36.5 Å². The van der Waals surface area contributed by atoms with Crippen LogP contribution in [0.4, 0.5) is 8.78 Å². The van der Waals surface area contributed by atoms with Crippen LogP contribution in [-0.2, 0) is 0 Å². The number of carbonyl (C=O) groups excluding carboxylic acids is 1. The van der Waals surface area contributed by atoms with Crippen molar-refractivity contribution >= 4 is 5.91 Å². The first-order valence-electron chi connectivity index (χ1n) is 8.26. The van der Waals surface area contributed by atoms with E-state index in [4.69, 9.17) is 0 Å². The van der Waals surface area contributed by atoms with E-state index >= 15 is 0 Å². The highest BCUT2D eigenvalue weighted by Gasteiger charge is 2.72. The second kappa shape index (κ2) is 5.40. The molecule has 2 saturated carbocycles. The van der Waals surface area contributed by atoms with E-state index in [0.29, 0.717) is 30.6 Å². The molecule has 2 fully saturated rings. The van der Waals surface area contributed by atoms with E-state index < -0.39 is 11.3 Å². The van der Waals surface area contributed by atoms with Crippen molar-refractivity contribution in [2.24, 2.45) is 11.3 Å². The average molecular weight is 331 g/mol. The van der Waals surface area contributed by atoms with E-state index in [9.17, 15) is 13.6 Å². The second-order valence-corrected chi connectivity index (χ2v) is 7.01. The van der Waals surface area contributed by atoms with Crippen molar-refractivity contribution in [3.63, 3.8) is 0 Å². The Morgan fingerprint density at radius 3 is 2.75 bits per heavy atom. The first kappa shape index (κ1) is 15.3. The van der Waals surface area contributed by atoms with Gasteiger partial charge in [0, 0.05) is 23.9 Å². The molecule has 6 heteroatoms. The molecule has 2 unspecified atom stereocenters. The molecule has 1 spiro atoms. The molecule has 2 atom stereocenters. The number of nitrogens with zero attached hydrogens (tertiary/aromatic N) is 1. The minimum absolute atomic E-state index is 0.0182. The quantitative estimate of drug-likeness (QED) is 0.899. The number of aromatic nitrogens is 2. The Morgan fingerprint density at radius 2 is 2.08 bits per heavy atom. The lowest BCUT2D eigenvalue weighted by Gasteiger charge is -2.12. The van der Waals surface area contributed by atoms with Gasteiger partial charge in [-0.2, -0.15) is 5.10 Å². The van der Waals surface area contributed by atoms with Crippen molar-refractivity contribution in [1.82, 2.24) is 15.5 Å². The Kier molecular flexibility index (Phi) is 3.44. The van der Waals surface area contributed by atoms with E-state index in [2.05, 4.69) is 15.5 Å². The Balaban J connectivity index is 1.39. The summed E-state index contributed by atoms with van der Waals surface area (Å²) in [5.74, 6) is -2.57. The molecule has 4 rings (SSSR count). The van der Waals surface area contributed by atoms with Crippen LogP contribution < -0.4 is 5.32 Å². The van der Waals surface area contributed by atoms with Gasteiger partial charge in [0.1, 0.15) is 0 Å². The fraction of sp³-hybridized carbons (Fsp3) is 0.444. The van der Waals surface area contributed by atoms with Crippen LogP contribution in [-0.4, -0.2) is 28.6 Å². The number of aromatic amines is 1. The summed E-state index contributed by atoms with van der Waals surface area (Å²) in [5.41, 5.74) is 1.26. The molecule has 1 amide bonds. The SMILES string of the molecule is O=C(NCC1CCC2(C1)CC2(F)F)c1cn[nH]c1-c1ccccc1. The summed E-state index contributed by atoms with van der Waals surface area (Å²) in [7, 11) is 0. The lowest BCUT2D eigenvalue weighted by Crippen LogP contribution is -2.28. The van der Waals surface area contributed by atoms with Gasteiger partial charge in [-0.3, -0.25) is 9.89 Å². The molecule has 0 radical (unpaired) electrons. The normalized spacial score (nSPS) is 27.3. The van der Waals surface area contributed by atoms with Gasteiger partial charge in [0.25, 0.3) is 11.8 Å². The molecule has 24 heavy (non-hydrogen) atoms. The summed E-state index contributed by atoms with van der Waals surface area (Å²) in [5, 5.41) is 9.71. The molecule has 1 aromatic heterocycles. The predicted octanol–water partition coefficient (Wildman–Crippen LogP) is 3.63. The molecule has 2 aliphatic rings. The zero-order valence-corrected chi connectivity index (χ0v) is 13.2. The average Bonchev–Trinajstić information content (AvgIpc) is 3.00. The third-order valence-electron chi connectivity index (χ3n) is 5.42. The lowest BCUT2D eigenvalue weighted by atomic mass is 10.0. The third kappa shape index (κ3) is 2.50. The van der Waals surface area contributed by atoms with Gasteiger partial charge >= 0.3 is 0 Å². The Morgan fingerprint density at radius 1 is 1.33 bits per heavy atom. The molecule has 126 valence electrons. The fourth-order valence-electron chi connectivity index (χ4n) is 3.90. The summed E-state index contributed by atoms with van der Waals surface area (Å²) < 4.78 is 26.9. The standard InChI is InChI=1S/C18H19F2N3O/c19-18(20)11-17(18)7-6-12(8-17)9-21-16(24)14-10-22-23-15(14)13-4-2-1-3-5-13/h1-5,10,12H,6-9,11H2,(H,21,24)(H,22,23). The first-order chi connectivity index (χ1) is 11.5. The van der Waals surface area contributed by atoms with Crippen molar-refractivity contribution in [3.8, 4) is 11.3 Å². The van der Waals surface area contributed by atoms with E-state index in [-0.39, 0.29) is 18.2 Å². The largest absolute Gasteiger partial charge is 0.352 e. The van der Waals surface area contributed by atoms with Gasteiger partial charge < -0.3 is 5.32 Å². The number of alkyl halides is 2. The summed E-state index contributed by atoms with van der Waals surface area (Å²) in [6.45, 7) is 0.441. The van der Waals surface area contributed by atoms with Crippen LogP contribution in [0, 0.1) is 11.3 Å². The Bertz CT molecular complexity index is 759. The topological polar surface area (TPSA) is 57.8 Å². The molecular formula is C18H19F2N3O.